The fourth-order valence-electron chi connectivity index (χ4n) is 6.01. The molecular formula is C50H44Cl2N8O12S2. The zero-order valence-electron chi connectivity index (χ0n) is 38.3. The molecule has 0 aliphatic rings. The van der Waals surface area contributed by atoms with Crippen LogP contribution in [0.2, 0.25) is 10.0 Å². The summed E-state index contributed by atoms with van der Waals surface area (Å²) in [5.74, 6) is -1.11. The molecule has 0 spiro atoms. The van der Waals surface area contributed by atoms with Crippen LogP contribution < -0.4 is 20.9 Å². The molecular weight excluding hydrogens is 1040 g/mol. The van der Waals surface area contributed by atoms with Gasteiger partial charge in [0.1, 0.15) is 32.8 Å². The van der Waals surface area contributed by atoms with Crippen molar-refractivity contribution < 1.29 is 55.7 Å². The minimum absolute atomic E-state index is 0.163. The molecule has 20 nitrogen and oxygen atoms in total. The van der Waals surface area contributed by atoms with Crippen LogP contribution in [-0.2, 0) is 33.1 Å². The number of carboxylic acids is 2. The van der Waals surface area contributed by atoms with Crippen molar-refractivity contribution in [1.82, 2.24) is 19.9 Å². The highest BCUT2D eigenvalue weighted by atomic mass is 35.5. The van der Waals surface area contributed by atoms with Gasteiger partial charge in [-0.3, -0.25) is 19.9 Å². The predicted octanol–water partition coefficient (Wildman–Crippen LogP) is 9.17. The highest BCUT2D eigenvalue weighted by Crippen LogP contribution is 2.30. The molecule has 6 heterocycles. The number of carbonyl (C=O) groups is 2. The van der Waals surface area contributed by atoms with Crippen molar-refractivity contribution in [2.45, 2.75) is 22.9 Å². The third-order valence-corrected chi connectivity index (χ3v) is 12.3. The van der Waals surface area contributed by atoms with Crippen LogP contribution in [0.4, 0.5) is 11.4 Å². The highest BCUT2D eigenvalue weighted by molar-refractivity contribution is 7.89. The Hall–Kier alpha value is -8.64. The van der Waals surface area contributed by atoms with E-state index in [1.54, 1.807) is 73.8 Å². The SMILES string of the molecule is NS(=O)(=O)c1cc(C(=O)O)c(NCc2ccco2)cc1Cl.NS(=O)(=O)c1cc(C(=O)O)c(NCc2ccco2)cc1Cl.Oc1ccc(O)cc1.c1cc(-c2ccncc2)ccn1.c1cc(-c2ccncc2)ccn1. The summed E-state index contributed by atoms with van der Waals surface area (Å²) in [4.78, 5) is 37.4. The molecule has 6 aromatic heterocycles. The minimum Gasteiger partial charge on any atom is -0.508 e. The van der Waals surface area contributed by atoms with Crippen LogP contribution >= 0.6 is 23.2 Å². The highest BCUT2D eigenvalue weighted by Gasteiger charge is 2.22. The number of furan rings is 2. The lowest BCUT2D eigenvalue weighted by atomic mass is 10.1. The summed E-state index contributed by atoms with van der Waals surface area (Å²) in [6.07, 6.45) is 17.3. The zero-order chi connectivity index (χ0) is 53.7. The number of phenols is 2. The lowest BCUT2D eigenvalue weighted by Gasteiger charge is -2.11. The number of anilines is 2. The van der Waals surface area contributed by atoms with Crippen molar-refractivity contribution in [3.8, 4) is 33.8 Å². The first-order valence-corrected chi connectivity index (χ1v) is 25.0. The van der Waals surface area contributed by atoms with Crippen LogP contribution in [0.25, 0.3) is 22.3 Å². The topological polar surface area (TPSA) is 337 Å². The van der Waals surface area contributed by atoms with E-state index in [9.17, 15) is 26.4 Å². The number of nitrogens with two attached hydrogens (primary N) is 2. The van der Waals surface area contributed by atoms with E-state index in [1.807, 2.05) is 48.5 Å². The second-order valence-corrected chi connectivity index (χ2v) is 18.6. The quantitative estimate of drug-likeness (QED) is 0.0528. The van der Waals surface area contributed by atoms with Gasteiger partial charge in [0.25, 0.3) is 0 Å². The van der Waals surface area contributed by atoms with E-state index in [-0.39, 0.29) is 57.1 Å². The summed E-state index contributed by atoms with van der Waals surface area (Å²) in [5, 5.41) is 50.9. The minimum atomic E-state index is -4.11. The van der Waals surface area contributed by atoms with Crippen molar-refractivity contribution in [3.63, 3.8) is 0 Å². The Morgan fingerprint density at radius 3 is 1.00 bits per heavy atom. The predicted molar refractivity (Wildman–Crippen MR) is 276 cm³/mol. The number of hydrogen-bond donors (Lipinski definition) is 8. The molecule has 9 rings (SSSR count). The average Bonchev–Trinajstić information content (AvgIpc) is 4.13. The normalized spacial score (nSPS) is 10.5. The van der Waals surface area contributed by atoms with Crippen LogP contribution in [0.3, 0.4) is 0 Å². The number of primary sulfonamides is 2. The van der Waals surface area contributed by atoms with Gasteiger partial charge in [0.05, 0.1) is 58.2 Å². The van der Waals surface area contributed by atoms with Gasteiger partial charge in [-0.2, -0.15) is 0 Å². The van der Waals surface area contributed by atoms with E-state index in [0.717, 1.165) is 12.1 Å². The Morgan fingerprint density at radius 2 is 0.770 bits per heavy atom. The third-order valence-electron chi connectivity index (χ3n) is 9.52. The first-order chi connectivity index (χ1) is 35.3. The summed E-state index contributed by atoms with van der Waals surface area (Å²) in [7, 11) is -8.21. The third kappa shape index (κ3) is 17.9. The number of carboxylic acid groups (broad SMARTS) is 2. The fraction of sp³-hybridized carbons (Fsp3) is 0.0400. The van der Waals surface area contributed by atoms with Crippen molar-refractivity contribution in [2.75, 3.05) is 10.6 Å². The number of hydrogen-bond acceptors (Lipinski definition) is 16. The van der Waals surface area contributed by atoms with Gasteiger partial charge >= 0.3 is 11.9 Å². The molecule has 74 heavy (non-hydrogen) atoms. The number of nitrogens with zero attached hydrogens (tertiary/aromatic N) is 4. The van der Waals surface area contributed by atoms with E-state index in [1.165, 1.54) is 71.2 Å². The molecule has 9 aromatic rings. The van der Waals surface area contributed by atoms with Gasteiger partial charge in [0.15, 0.2) is 0 Å². The number of sulfonamides is 2. The first kappa shape index (κ1) is 56.3. The number of benzene rings is 3. The molecule has 0 bridgehead atoms. The largest absolute Gasteiger partial charge is 0.508 e. The van der Waals surface area contributed by atoms with Crippen molar-refractivity contribution in [2.24, 2.45) is 10.3 Å². The van der Waals surface area contributed by atoms with Gasteiger partial charge < -0.3 is 39.9 Å². The first-order valence-electron chi connectivity index (χ1n) is 21.1. The Labute approximate surface area is 433 Å². The van der Waals surface area contributed by atoms with E-state index in [4.69, 9.17) is 62.7 Å². The number of nitrogens with one attached hydrogen (secondary N) is 2. The molecule has 0 saturated carbocycles. The van der Waals surface area contributed by atoms with Crippen LogP contribution in [-0.4, -0.2) is 69.1 Å². The van der Waals surface area contributed by atoms with Crippen LogP contribution in [0.15, 0.2) is 202 Å². The fourth-order valence-corrected chi connectivity index (χ4v) is 8.21. The second kappa shape index (κ2) is 27.3. The Kier molecular flexibility index (Phi) is 20.7. The molecule has 382 valence electrons. The van der Waals surface area contributed by atoms with E-state index in [2.05, 4.69) is 30.6 Å². The summed E-state index contributed by atoms with van der Waals surface area (Å²) in [6.45, 7) is 0.441. The maximum atomic E-state index is 11.3. The maximum absolute atomic E-state index is 11.3. The molecule has 24 heteroatoms. The van der Waals surface area contributed by atoms with Gasteiger partial charge in [-0.15, -0.1) is 0 Å². The molecule has 0 saturated heterocycles. The number of phenolic OH excluding ortho intramolecular Hbond substituents is 2. The number of rotatable bonds is 12. The average molecular weight is 1080 g/mol. The smallest absolute Gasteiger partial charge is 0.337 e. The van der Waals surface area contributed by atoms with E-state index >= 15 is 0 Å². The number of aromatic hydroxyl groups is 2. The molecule has 0 aliphatic heterocycles. The van der Waals surface area contributed by atoms with Crippen molar-refractivity contribution >= 4 is 66.6 Å². The van der Waals surface area contributed by atoms with Gasteiger partial charge in [0, 0.05) is 49.6 Å². The number of aromatic nitrogens is 4. The Bertz CT molecular complexity index is 3120. The summed E-state index contributed by atoms with van der Waals surface area (Å²) in [6, 6.07) is 32.6. The van der Waals surface area contributed by atoms with E-state index in [0.29, 0.717) is 11.5 Å². The molecule has 0 radical (unpaired) electrons. The number of pyridine rings is 4. The monoisotopic (exact) mass is 1080 g/mol. The van der Waals surface area contributed by atoms with Gasteiger partial charge in [-0.25, -0.2) is 36.7 Å². The molecule has 0 fully saturated rings. The van der Waals surface area contributed by atoms with Crippen LogP contribution in [0.5, 0.6) is 11.5 Å². The zero-order valence-corrected chi connectivity index (χ0v) is 41.5. The summed E-state index contributed by atoms with van der Waals surface area (Å²) >= 11 is 11.7. The van der Waals surface area contributed by atoms with Crippen LogP contribution in [0, 0.1) is 0 Å². The number of aromatic carboxylic acids is 2. The van der Waals surface area contributed by atoms with Crippen molar-refractivity contribution in [3.05, 3.63) is 216 Å². The molecule has 0 amide bonds. The molecule has 3 aromatic carbocycles. The maximum Gasteiger partial charge on any atom is 0.337 e. The standard InChI is InChI=1S/2C12H11ClN2O5S.2C10H8N2.C6H6O2/c2*13-9-5-10(15-6-7-2-1-3-20-7)8(12(16)17)4-11(9)21(14,18)19;2*1-5-11-6-2-9(1)10-3-7-12-8-4-10;7-5-1-2-6(8)4-3-5/h2*1-5,15H,6H2,(H,16,17)(H2,14,18,19);2*1-8H;1-4,7-8H. The van der Waals surface area contributed by atoms with Gasteiger partial charge in [0.2, 0.25) is 20.0 Å². The van der Waals surface area contributed by atoms with Gasteiger partial charge in [-0.1, -0.05) is 23.2 Å². The summed E-state index contributed by atoms with van der Waals surface area (Å²) in [5.41, 5.74) is 4.51. The molecule has 0 aliphatic carbocycles. The Balaban J connectivity index is 0.000000178. The molecule has 0 unspecified atom stereocenters. The second-order valence-electron chi connectivity index (χ2n) is 14.7. The van der Waals surface area contributed by atoms with Crippen LogP contribution in [0.1, 0.15) is 32.2 Å². The summed E-state index contributed by atoms with van der Waals surface area (Å²) < 4.78 is 55.6. The number of halogens is 2. The van der Waals surface area contributed by atoms with Crippen molar-refractivity contribution in [1.29, 1.82) is 0 Å². The Morgan fingerprint density at radius 1 is 0.486 bits per heavy atom. The molecule has 0 atom stereocenters. The lowest BCUT2D eigenvalue weighted by molar-refractivity contribution is 0.0686. The molecule has 10 N–H and O–H groups in total. The lowest BCUT2D eigenvalue weighted by Crippen LogP contribution is -2.15. The van der Waals surface area contributed by atoms with Gasteiger partial charge in [-0.05, 0) is 144 Å². The van der Waals surface area contributed by atoms with E-state index < -0.39 is 41.8 Å².